The first-order valence-corrected chi connectivity index (χ1v) is 5.51. The maximum absolute atomic E-state index is 13.6. The normalized spacial score (nSPS) is 17.1. The average molecular weight is 214 g/mol. The number of rotatable bonds is 0. The number of alkyl halides is 2. The van der Waals surface area contributed by atoms with Crippen LogP contribution in [0.15, 0.2) is 22.9 Å². The summed E-state index contributed by atoms with van der Waals surface area (Å²) in [6.07, 6.45) is 0. The maximum atomic E-state index is 13.6. The third-order valence-electron chi connectivity index (χ3n) is 2.21. The zero-order valence-electron chi connectivity index (χ0n) is 6.38. The minimum atomic E-state index is -2.76. The molecule has 66 valence electrons. The van der Waals surface area contributed by atoms with Gasteiger partial charge < -0.3 is 0 Å². The largest absolute Gasteiger partial charge is 0.301 e. The van der Waals surface area contributed by atoms with Crippen molar-refractivity contribution in [3.8, 4) is 9.75 Å². The van der Waals surface area contributed by atoms with Crippen molar-refractivity contribution in [2.45, 2.75) is 5.92 Å². The van der Waals surface area contributed by atoms with E-state index in [0.717, 1.165) is 9.75 Å². The summed E-state index contributed by atoms with van der Waals surface area (Å²) in [6.45, 7) is 0. The number of thiophene rings is 2. The topological polar surface area (TPSA) is 0 Å². The predicted molar refractivity (Wildman–Crippen MR) is 50.6 cm³/mol. The molecule has 0 atom stereocenters. The molecular weight excluding hydrogens is 210 g/mol. The first-order valence-electron chi connectivity index (χ1n) is 3.75. The zero-order valence-corrected chi connectivity index (χ0v) is 8.01. The summed E-state index contributed by atoms with van der Waals surface area (Å²) in [5, 5.41) is 3.45. The molecule has 0 radical (unpaired) electrons. The Morgan fingerprint density at radius 1 is 0.923 bits per heavy atom. The van der Waals surface area contributed by atoms with Gasteiger partial charge in [0.15, 0.2) is 0 Å². The smallest absolute Gasteiger partial charge is 0.196 e. The molecule has 0 unspecified atom stereocenters. The Bertz CT molecular complexity index is 425. The highest BCUT2D eigenvalue weighted by molar-refractivity contribution is 7.20. The van der Waals surface area contributed by atoms with Gasteiger partial charge in [-0.25, -0.2) is 0 Å². The van der Waals surface area contributed by atoms with Crippen LogP contribution >= 0.6 is 22.7 Å². The average Bonchev–Trinajstić information content (AvgIpc) is 2.74. The molecule has 2 heterocycles. The van der Waals surface area contributed by atoms with E-state index in [2.05, 4.69) is 0 Å². The monoisotopic (exact) mass is 214 g/mol. The number of fused-ring (bicyclic) bond motifs is 3. The molecule has 0 saturated heterocycles. The predicted octanol–water partition coefficient (Wildman–Crippen LogP) is 3.93. The maximum Gasteiger partial charge on any atom is 0.301 e. The van der Waals surface area contributed by atoms with Crippen LogP contribution < -0.4 is 0 Å². The third kappa shape index (κ3) is 0.777. The van der Waals surface area contributed by atoms with E-state index in [-0.39, 0.29) is 11.1 Å². The lowest BCUT2D eigenvalue weighted by molar-refractivity contribution is 0.0485. The lowest BCUT2D eigenvalue weighted by atomic mass is 10.1. The van der Waals surface area contributed by atoms with E-state index in [4.69, 9.17) is 0 Å². The van der Waals surface area contributed by atoms with Gasteiger partial charge in [-0.3, -0.25) is 0 Å². The number of halogens is 2. The van der Waals surface area contributed by atoms with Crippen LogP contribution in [0.1, 0.15) is 11.1 Å². The molecule has 13 heavy (non-hydrogen) atoms. The molecule has 0 fully saturated rings. The van der Waals surface area contributed by atoms with Crippen molar-refractivity contribution in [3.63, 3.8) is 0 Å². The van der Waals surface area contributed by atoms with E-state index in [1.54, 1.807) is 10.8 Å². The molecule has 1 aliphatic carbocycles. The van der Waals surface area contributed by atoms with Crippen LogP contribution in [-0.4, -0.2) is 0 Å². The molecule has 4 heteroatoms. The zero-order chi connectivity index (χ0) is 9.05. The van der Waals surface area contributed by atoms with Gasteiger partial charge in [0, 0.05) is 11.1 Å². The van der Waals surface area contributed by atoms with Crippen LogP contribution in [0.3, 0.4) is 0 Å². The standard InChI is InChI=1S/C9H4F2S2/c10-9(11)5-1-3-12-7(5)8-6(9)2-4-13-8/h1-4H. The van der Waals surface area contributed by atoms with Crippen LogP contribution in [0, 0.1) is 0 Å². The second-order valence-corrected chi connectivity index (χ2v) is 4.73. The van der Waals surface area contributed by atoms with Gasteiger partial charge >= 0.3 is 5.92 Å². The summed E-state index contributed by atoms with van der Waals surface area (Å²) >= 11 is 2.78. The number of hydrogen-bond acceptors (Lipinski definition) is 2. The molecule has 2 aromatic heterocycles. The Labute approximate surface area is 81.5 Å². The molecule has 3 rings (SSSR count). The Hall–Kier alpha value is -0.740. The van der Waals surface area contributed by atoms with E-state index >= 15 is 0 Å². The fourth-order valence-corrected chi connectivity index (χ4v) is 3.66. The van der Waals surface area contributed by atoms with Crippen molar-refractivity contribution in [3.05, 3.63) is 34.0 Å². The third-order valence-corrected chi connectivity index (χ3v) is 4.21. The van der Waals surface area contributed by atoms with Crippen molar-refractivity contribution >= 4 is 22.7 Å². The summed E-state index contributed by atoms with van der Waals surface area (Å²) in [7, 11) is 0. The van der Waals surface area contributed by atoms with Crippen LogP contribution in [0.25, 0.3) is 9.75 Å². The van der Waals surface area contributed by atoms with Gasteiger partial charge in [-0.2, -0.15) is 8.78 Å². The van der Waals surface area contributed by atoms with Crippen molar-refractivity contribution in [2.75, 3.05) is 0 Å². The summed E-state index contributed by atoms with van der Waals surface area (Å²) in [5.41, 5.74) is 0.360. The molecule has 0 nitrogen and oxygen atoms in total. The highest BCUT2D eigenvalue weighted by Gasteiger charge is 2.45. The van der Waals surface area contributed by atoms with Crippen LogP contribution in [0.5, 0.6) is 0 Å². The van der Waals surface area contributed by atoms with Gasteiger partial charge in [-0.05, 0) is 22.9 Å². The van der Waals surface area contributed by atoms with E-state index in [1.807, 2.05) is 0 Å². The quantitative estimate of drug-likeness (QED) is 0.623. The van der Waals surface area contributed by atoms with Crippen molar-refractivity contribution < 1.29 is 8.78 Å². The second kappa shape index (κ2) is 2.19. The molecular formula is C9H4F2S2. The molecule has 0 aromatic carbocycles. The Balaban J connectivity index is 2.44. The van der Waals surface area contributed by atoms with Gasteiger partial charge in [0.25, 0.3) is 0 Å². The first kappa shape index (κ1) is 7.64. The minimum absolute atomic E-state index is 0.180. The highest BCUT2D eigenvalue weighted by atomic mass is 32.1. The van der Waals surface area contributed by atoms with Gasteiger partial charge in [-0.15, -0.1) is 22.7 Å². The fraction of sp³-hybridized carbons (Fsp3) is 0.111. The fourth-order valence-electron chi connectivity index (χ4n) is 1.61. The van der Waals surface area contributed by atoms with E-state index < -0.39 is 5.92 Å². The summed E-state index contributed by atoms with van der Waals surface area (Å²) in [5.74, 6) is -2.76. The lowest BCUT2D eigenvalue weighted by Crippen LogP contribution is -2.08. The van der Waals surface area contributed by atoms with Gasteiger partial charge in [0.1, 0.15) is 0 Å². The van der Waals surface area contributed by atoms with E-state index in [9.17, 15) is 8.78 Å². The van der Waals surface area contributed by atoms with E-state index in [1.165, 1.54) is 34.8 Å². The van der Waals surface area contributed by atoms with Crippen LogP contribution in [0.2, 0.25) is 0 Å². The summed E-state index contributed by atoms with van der Waals surface area (Å²) in [4.78, 5) is 1.49. The van der Waals surface area contributed by atoms with Crippen molar-refractivity contribution in [2.24, 2.45) is 0 Å². The van der Waals surface area contributed by atoms with Crippen LogP contribution in [-0.2, 0) is 5.92 Å². The SMILES string of the molecule is FC1(F)c2ccsc2-c2sccc21. The molecule has 1 aliphatic rings. The van der Waals surface area contributed by atoms with Gasteiger partial charge in [0.2, 0.25) is 0 Å². The van der Waals surface area contributed by atoms with Crippen molar-refractivity contribution in [1.82, 2.24) is 0 Å². The Kier molecular flexibility index (Phi) is 1.29. The molecule has 0 bridgehead atoms. The molecule has 2 aromatic rings. The highest BCUT2D eigenvalue weighted by Crippen LogP contribution is 2.55. The first-order chi connectivity index (χ1) is 6.21. The molecule has 0 amide bonds. The van der Waals surface area contributed by atoms with E-state index in [0.29, 0.717) is 0 Å². The molecule has 0 saturated carbocycles. The molecule has 0 N–H and O–H groups in total. The van der Waals surface area contributed by atoms with Crippen LogP contribution in [0.4, 0.5) is 8.78 Å². The lowest BCUT2D eigenvalue weighted by Gasteiger charge is -2.08. The summed E-state index contributed by atoms with van der Waals surface area (Å²) in [6, 6.07) is 3.04. The van der Waals surface area contributed by atoms with Gasteiger partial charge in [-0.1, -0.05) is 0 Å². The second-order valence-electron chi connectivity index (χ2n) is 2.90. The minimum Gasteiger partial charge on any atom is -0.196 e. The summed E-state index contributed by atoms with van der Waals surface area (Å²) < 4.78 is 27.2. The Morgan fingerprint density at radius 2 is 1.38 bits per heavy atom. The van der Waals surface area contributed by atoms with Crippen molar-refractivity contribution in [1.29, 1.82) is 0 Å². The van der Waals surface area contributed by atoms with Gasteiger partial charge in [0.05, 0.1) is 9.75 Å². The molecule has 0 spiro atoms. The molecule has 0 aliphatic heterocycles. The number of hydrogen-bond donors (Lipinski definition) is 0. The Morgan fingerprint density at radius 3 is 1.85 bits per heavy atom.